The number of carbonyl (C=O) groups excluding carboxylic acids is 1. The van der Waals surface area contributed by atoms with Crippen LogP contribution in [0.1, 0.15) is 37.4 Å². The van der Waals surface area contributed by atoms with Crippen molar-refractivity contribution >= 4 is 27.5 Å². The summed E-state index contributed by atoms with van der Waals surface area (Å²) in [5.74, 6) is -0.497. The summed E-state index contributed by atoms with van der Waals surface area (Å²) >= 11 is 3.46. The fourth-order valence-electron chi connectivity index (χ4n) is 4.43. The van der Waals surface area contributed by atoms with Crippen molar-refractivity contribution in [3.05, 3.63) is 76.8 Å². The maximum absolute atomic E-state index is 13.2. The SMILES string of the molecule is CCCCC1CN(c2cccc(OC(F)(F)F)c2)C(=O)CN1Cc1cncn1Cc1ccc(Br)cc1. The van der Waals surface area contributed by atoms with E-state index >= 15 is 0 Å². The second kappa shape index (κ2) is 11.5. The van der Waals surface area contributed by atoms with Crippen molar-refractivity contribution in [3.8, 4) is 5.75 Å². The predicted octanol–water partition coefficient (Wildman–Crippen LogP) is 6.00. The van der Waals surface area contributed by atoms with Gasteiger partial charge in [0, 0.05) is 48.1 Å². The molecule has 6 nitrogen and oxygen atoms in total. The average molecular weight is 565 g/mol. The lowest BCUT2D eigenvalue weighted by Gasteiger charge is -2.41. The van der Waals surface area contributed by atoms with Crippen LogP contribution in [0.2, 0.25) is 0 Å². The molecular weight excluding hydrogens is 537 g/mol. The topological polar surface area (TPSA) is 50.6 Å². The minimum absolute atomic E-state index is 0.0610. The summed E-state index contributed by atoms with van der Waals surface area (Å²) in [5.41, 5.74) is 2.55. The number of alkyl halides is 3. The van der Waals surface area contributed by atoms with E-state index in [-0.39, 0.29) is 24.2 Å². The van der Waals surface area contributed by atoms with Crippen molar-refractivity contribution in [1.82, 2.24) is 14.5 Å². The summed E-state index contributed by atoms with van der Waals surface area (Å²) in [6, 6.07) is 13.8. The molecule has 4 rings (SSSR count). The molecule has 0 bridgehead atoms. The van der Waals surface area contributed by atoms with E-state index in [1.807, 2.05) is 18.3 Å². The number of unbranched alkanes of at least 4 members (excludes halogenated alkanes) is 1. The standard InChI is InChI=1S/C26H28BrF3N4O2/c1-2-3-5-22-16-34(21-6-4-7-24(12-21)36-26(28,29)30)25(35)17-32(22)15-23-13-31-18-33(23)14-19-8-10-20(27)11-9-19/h4,6-13,18,22H,2-3,5,14-17H2,1H3. The first-order valence-electron chi connectivity index (χ1n) is 11.9. The Bertz CT molecular complexity index is 1170. The number of carbonyl (C=O) groups is 1. The maximum atomic E-state index is 13.2. The molecular formula is C26H28BrF3N4O2. The van der Waals surface area contributed by atoms with E-state index in [1.54, 1.807) is 17.3 Å². The number of hydrogen-bond donors (Lipinski definition) is 0. The van der Waals surface area contributed by atoms with Gasteiger partial charge in [0.2, 0.25) is 5.91 Å². The molecule has 0 N–H and O–H groups in total. The number of hydrogen-bond acceptors (Lipinski definition) is 4. The fourth-order valence-corrected chi connectivity index (χ4v) is 4.69. The second-order valence-electron chi connectivity index (χ2n) is 8.89. The minimum atomic E-state index is -4.79. The van der Waals surface area contributed by atoms with Gasteiger partial charge in [-0.2, -0.15) is 0 Å². The number of amides is 1. The van der Waals surface area contributed by atoms with Gasteiger partial charge < -0.3 is 14.2 Å². The second-order valence-corrected chi connectivity index (χ2v) is 9.81. The first-order chi connectivity index (χ1) is 17.2. The zero-order valence-electron chi connectivity index (χ0n) is 19.9. The summed E-state index contributed by atoms with van der Waals surface area (Å²) in [6.07, 6.45) is 1.70. The monoisotopic (exact) mass is 564 g/mol. The Labute approximate surface area is 216 Å². The van der Waals surface area contributed by atoms with Crippen LogP contribution >= 0.6 is 15.9 Å². The number of nitrogens with zero attached hydrogens (tertiary/aromatic N) is 4. The summed E-state index contributed by atoms with van der Waals surface area (Å²) in [5, 5.41) is 0. The number of ether oxygens (including phenoxy) is 1. The van der Waals surface area contributed by atoms with Gasteiger partial charge in [0.1, 0.15) is 5.75 Å². The van der Waals surface area contributed by atoms with Gasteiger partial charge in [0.25, 0.3) is 0 Å². The number of anilines is 1. The molecule has 0 aliphatic carbocycles. The molecule has 0 saturated carbocycles. The maximum Gasteiger partial charge on any atom is 0.573 e. The van der Waals surface area contributed by atoms with Crippen LogP contribution in [0.25, 0.3) is 0 Å². The van der Waals surface area contributed by atoms with E-state index in [2.05, 4.69) is 54.2 Å². The summed E-state index contributed by atoms with van der Waals surface area (Å²) in [6.45, 7) is 3.91. The summed E-state index contributed by atoms with van der Waals surface area (Å²) in [4.78, 5) is 21.2. The smallest absolute Gasteiger partial charge is 0.406 e. The number of aromatic nitrogens is 2. The molecule has 3 aromatic rings. The van der Waals surface area contributed by atoms with Crippen LogP contribution in [0.4, 0.5) is 18.9 Å². The van der Waals surface area contributed by atoms with Crippen LogP contribution in [0.3, 0.4) is 0 Å². The number of piperazine rings is 1. The van der Waals surface area contributed by atoms with Crippen molar-refractivity contribution in [2.45, 2.75) is 51.7 Å². The van der Waals surface area contributed by atoms with E-state index < -0.39 is 6.36 Å². The Morgan fingerprint density at radius 1 is 1.14 bits per heavy atom. The molecule has 1 atom stereocenters. The Balaban J connectivity index is 1.50. The van der Waals surface area contributed by atoms with E-state index in [9.17, 15) is 18.0 Å². The van der Waals surface area contributed by atoms with Crippen LogP contribution in [0.5, 0.6) is 5.75 Å². The summed E-state index contributed by atoms with van der Waals surface area (Å²) < 4.78 is 45.2. The van der Waals surface area contributed by atoms with Crippen LogP contribution in [-0.4, -0.2) is 45.9 Å². The van der Waals surface area contributed by atoms with Crippen LogP contribution < -0.4 is 9.64 Å². The van der Waals surface area contributed by atoms with Gasteiger partial charge in [0.15, 0.2) is 0 Å². The molecule has 2 aromatic carbocycles. The molecule has 36 heavy (non-hydrogen) atoms. The lowest BCUT2D eigenvalue weighted by atomic mass is 10.0. The van der Waals surface area contributed by atoms with Gasteiger partial charge in [0.05, 0.1) is 18.6 Å². The molecule has 2 heterocycles. The zero-order valence-corrected chi connectivity index (χ0v) is 21.5. The molecule has 1 saturated heterocycles. The first-order valence-corrected chi connectivity index (χ1v) is 12.6. The average Bonchev–Trinajstić information content (AvgIpc) is 3.25. The number of benzene rings is 2. The van der Waals surface area contributed by atoms with Crippen LogP contribution in [0.15, 0.2) is 65.5 Å². The van der Waals surface area contributed by atoms with Gasteiger partial charge in [-0.1, -0.05) is 53.9 Å². The normalized spacial score (nSPS) is 17.0. The highest BCUT2D eigenvalue weighted by molar-refractivity contribution is 9.10. The quantitative estimate of drug-likeness (QED) is 0.320. The van der Waals surface area contributed by atoms with Gasteiger partial charge in [-0.25, -0.2) is 4.98 Å². The predicted molar refractivity (Wildman–Crippen MR) is 135 cm³/mol. The largest absolute Gasteiger partial charge is 0.573 e. The molecule has 0 radical (unpaired) electrons. The van der Waals surface area contributed by atoms with Crippen molar-refractivity contribution in [1.29, 1.82) is 0 Å². The molecule has 1 unspecified atom stereocenters. The molecule has 1 amide bonds. The van der Waals surface area contributed by atoms with Crippen molar-refractivity contribution in [2.24, 2.45) is 0 Å². The molecule has 10 heteroatoms. The first kappa shape index (κ1) is 26.2. The summed E-state index contributed by atoms with van der Waals surface area (Å²) in [7, 11) is 0. The van der Waals surface area contributed by atoms with Crippen molar-refractivity contribution in [3.63, 3.8) is 0 Å². The highest BCUT2D eigenvalue weighted by atomic mass is 79.9. The highest BCUT2D eigenvalue weighted by Crippen LogP contribution is 2.29. The molecule has 1 aromatic heterocycles. The number of imidazole rings is 1. The van der Waals surface area contributed by atoms with Gasteiger partial charge in [-0.05, 0) is 36.2 Å². The van der Waals surface area contributed by atoms with Gasteiger partial charge in [-0.15, -0.1) is 13.2 Å². The zero-order chi connectivity index (χ0) is 25.7. The Morgan fingerprint density at radius 3 is 2.64 bits per heavy atom. The Kier molecular flexibility index (Phi) is 8.35. The highest BCUT2D eigenvalue weighted by Gasteiger charge is 2.34. The Hall–Kier alpha value is -2.85. The van der Waals surface area contributed by atoms with E-state index in [1.165, 1.54) is 18.2 Å². The van der Waals surface area contributed by atoms with Crippen molar-refractivity contribution in [2.75, 3.05) is 18.0 Å². The molecule has 1 aliphatic rings. The molecule has 0 spiro atoms. The van der Waals surface area contributed by atoms with Gasteiger partial charge in [-0.3, -0.25) is 9.69 Å². The lowest BCUT2D eigenvalue weighted by Crippen LogP contribution is -2.56. The van der Waals surface area contributed by atoms with E-state index in [4.69, 9.17) is 0 Å². The third kappa shape index (κ3) is 6.88. The van der Waals surface area contributed by atoms with E-state index in [0.29, 0.717) is 25.3 Å². The lowest BCUT2D eigenvalue weighted by molar-refractivity contribution is -0.274. The minimum Gasteiger partial charge on any atom is -0.406 e. The van der Waals surface area contributed by atoms with Gasteiger partial charge >= 0.3 is 6.36 Å². The molecule has 1 fully saturated rings. The third-order valence-electron chi connectivity index (χ3n) is 6.23. The van der Waals surface area contributed by atoms with Crippen molar-refractivity contribution < 1.29 is 22.7 Å². The number of rotatable bonds is 9. The number of halogens is 4. The van der Waals surface area contributed by atoms with Crippen LogP contribution in [0, 0.1) is 0 Å². The Morgan fingerprint density at radius 2 is 1.92 bits per heavy atom. The van der Waals surface area contributed by atoms with Crippen LogP contribution in [-0.2, 0) is 17.9 Å². The molecule has 192 valence electrons. The molecule has 1 aliphatic heterocycles. The van der Waals surface area contributed by atoms with E-state index in [0.717, 1.165) is 35.0 Å². The fraction of sp³-hybridized carbons (Fsp3) is 0.385. The third-order valence-corrected chi connectivity index (χ3v) is 6.76.